The molecule has 1 unspecified atom stereocenters. The molecule has 1 aromatic carbocycles. The van der Waals surface area contributed by atoms with Crippen LogP contribution < -0.4 is 5.32 Å². The number of hydrogen-bond donors (Lipinski definition) is 1. The van der Waals surface area contributed by atoms with Crippen LogP contribution >= 0.6 is 15.9 Å². The van der Waals surface area contributed by atoms with Crippen LogP contribution in [0.2, 0.25) is 0 Å². The zero-order chi connectivity index (χ0) is 14.5. The Labute approximate surface area is 125 Å². The van der Waals surface area contributed by atoms with Gasteiger partial charge >= 0.3 is 0 Å². The molecule has 0 saturated carbocycles. The van der Waals surface area contributed by atoms with E-state index >= 15 is 0 Å². The van der Waals surface area contributed by atoms with E-state index < -0.39 is 11.6 Å². The SMILES string of the molecule is CCCNC(Cc1cc(F)cc(F)c1)c1ccoc1Br. The fourth-order valence-corrected chi connectivity index (χ4v) is 2.65. The highest BCUT2D eigenvalue weighted by Crippen LogP contribution is 2.27. The Hall–Kier alpha value is -1.20. The van der Waals surface area contributed by atoms with Crippen molar-refractivity contribution in [1.82, 2.24) is 5.32 Å². The summed E-state index contributed by atoms with van der Waals surface area (Å²) in [4.78, 5) is 0. The van der Waals surface area contributed by atoms with Crippen LogP contribution in [0.1, 0.15) is 30.5 Å². The lowest BCUT2D eigenvalue weighted by atomic mass is 10.0. The van der Waals surface area contributed by atoms with Crippen LogP contribution in [-0.2, 0) is 6.42 Å². The summed E-state index contributed by atoms with van der Waals surface area (Å²) in [5, 5.41) is 3.37. The zero-order valence-electron chi connectivity index (χ0n) is 11.1. The summed E-state index contributed by atoms with van der Waals surface area (Å²) in [6.45, 7) is 2.89. The second kappa shape index (κ2) is 6.99. The standard InChI is InChI=1S/C15H16BrF2NO/c1-2-4-19-14(13-3-5-20-15(13)16)8-10-6-11(17)9-12(18)7-10/h3,5-7,9,14,19H,2,4,8H2,1H3. The van der Waals surface area contributed by atoms with Gasteiger partial charge in [0.05, 0.1) is 6.26 Å². The minimum atomic E-state index is -0.555. The third-order valence-electron chi connectivity index (χ3n) is 3.02. The van der Waals surface area contributed by atoms with Gasteiger partial charge in [0, 0.05) is 17.7 Å². The number of nitrogens with one attached hydrogen (secondary N) is 1. The van der Waals surface area contributed by atoms with Crippen molar-refractivity contribution in [2.24, 2.45) is 0 Å². The third-order valence-corrected chi connectivity index (χ3v) is 3.67. The van der Waals surface area contributed by atoms with E-state index in [2.05, 4.69) is 28.2 Å². The van der Waals surface area contributed by atoms with Gasteiger partial charge in [-0.2, -0.15) is 0 Å². The molecule has 0 spiro atoms. The molecule has 0 fully saturated rings. The second-order valence-electron chi connectivity index (χ2n) is 4.64. The summed E-state index contributed by atoms with van der Waals surface area (Å²) < 4.78 is 32.4. The summed E-state index contributed by atoms with van der Waals surface area (Å²) in [6, 6.07) is 5.40. The molecule has 1 aromatic heterocycles. The lowest BCUT2D eigenvalue weighted by Crippen LogP contribution is -2.24. The molecular formula is C15H16BrF2NO. The minimum absolute atomic E-state index is 0.0516. The molecule has 2 nitrogen and oxygen atoms in total. The van der Waals surface area contributed by atoms with E-state index in [0.29, 0.717) is 16.7 Å². The Kier molecular flexibility index (Phi) is 5.31. The molecule has 2 rings (SSSR count). The second-order valence-corrected chi connectivity index (χ2v) is 5.36. The van der Waals surface area contributed by atoms with E-state index in [1.165, 1.54) is 12.1 Å². The van der Waals surface area contributed by atoms with Crippen LogP contribution in [0.3, 0.4) is 0 Å². The van der Waals surface area contributed by atoms with Crippen molar-refractivity contribution in [2.75, 3.05) is 6.54 Å². The third kappa shape index (κ3) is 3.90. The molecule has 2 aromatic rings. The van der Waals surface area contributed by atoms with Crippen LogP contribution in [0.25, 0.3) is 0 Å². The van der Waals surface area contributed by atoms with E-state index in [9.17, 15) is 8.78 Å². The first kappa shape index (κ1) is 15.2. The molecule has 0 radical (unpaired) electrons. The first-order chi connectivity index (χ1) is 9.60. The predicted octanol–water partition coefficient (Wildman–Crippen LogP) is 4.60. The topological polar surface area (TPSA) is 25.2 Å². The van der Waals surface area contributed by atoms with Crippen LogP contribution in [0.15, 0.2) is 39.6 Å². The van der Waals surface area contributed by atoms with Crippen molar-refractivity contribution >= 4 is 15.9 Å². The van der Waals surface area contributed by atoms with Gasteiger partial charge in [0.2, 0.25) is 0 Å². The molecule has 0 bridgehead atoms. The molecule has 1 N–H and O–H groups in total. The Morgan fingerprint density at radius 1 is 1.25 bits per heavy atom. The zero-order valence-corrected chi connectivity index (χ0v) is 12.7. The van der Waals surface area contributed by atoms with Crippen molar-refractivity contribution in [3.63, 3.8) is 0 Å². The van der Waals surface area contributed by atoms with Gasteiger partial charge in [-0.05, 0) is 59.1 Å². The summed E-state index contributed by atoms with van der Waals surface area (Å²) >= 11 is 3.35. The monoisotopic (exact) mass is 343 g/mol. The van der Waals surface area contributed by atoms with E-state index in [0.717, 1.165) is 24.6 Å². The average Bonchev–Trinajstić information content (AvgIpc) is 2.79. The fraction of sp³-hybridized carbons (Fsp3) is 0.333. The molecule has 0 aliphatic heterocycles. The van der Waals surface area contributed by atoms with Gasteiger partial charge in [-0.15, -0.1) is 0 Å². The average molecular weight is 344 g/mol. The van der Waals surface area contributed by atoms with Crippen LogP contribution in [-0.4, -0.2) is 6.54 Å². The van der Waals surface area contributed by atoms with Crippen LogP contribution in [0.5, 0.6) is 0 Å². The Balaban J connectivity index is 2.21. The molecule has 1 atom stereocenters. The predicted molar refractivity (Wildman–Crippen MR) is 77.5 cm³/mol. The maximum Gasteiger partial charge on any atom is 0.173 e. The van der Waals surface area contributed by atoms with Crippen molar-refractivity contribution < 1.29 is 13.2 Å². The maximum atomic E-state index is 13.3. The normalized spacial score (nSPS) is 12.6. The van der Waals surface area contributed by atoms with Crippen LogP contribution in [0, 0.1) is 11.6 Å². The summed E-state index contributed by atoms with van der Waals surface area (Å²) in [5.41, 5.74) is 1.56. The number of rotatable bonds is 6. The highest BCUT2D eigenvalue weighted by atomic mass is 79.9. The van der Waals surface area contributed by atoms with Gasteiger partial charge in [-0.1, -0.05) is 6.92 Å². The van der Waals surface area contributed by atoms with Gasteiger partial charge in [0.25, 0.3) is 0 Å². The summed E-state index contributed by atoms with van der Waals surface area (Å²) in [7, 11) is 0. The molecule has 1 heterocycles. The van der Waals surface area contributed by atoms with Crippen molar-refractivity contribution in [3.8, 4) is 0 Å². The Morgan fingerprint density at radius 3 is 2.50 bits per heavy atom. The largest absolute Gasteiger partial charge is 0.457 e. The molecular weight excluding hydrogens is 328 g/mol. The van der Waals surface area contributed by atoms with Crippen molar-refractivity contribution in [1.29, 1.82) is 0 Å². The quantitative estimate of drug-likeness (QED) is 0.828. The molecule has 20 heavy (non-hydrogen) atoms. The molecule has 108 valence electrons. The van der Waals surface area contributed by atoms with E-state index in [1.807, 2.05) is 6.07 Å². The first-order valence-corrected chi connectivity index (χ1v) is 7.30. The highest BCUT2D eigenvalue weighted by molar-refractivity contribution is 9.10. The smallest absolute Gasteiger partial charge is 0.173 e. The van der Waals surface area contributed by atoms with Crippen LogP contribution in [0.4, 0.5) is 8.78 Å². The van der Waals surface area contributed by atoms with E-state index in [1.54, 1.807) is 6.26 Å². The number of halogens is 3. The maximum absolute atomic E-state index is 13.3. The molecule has 0 amide bonds. The van der Waals surface area contributed by atoms with Gasteiger partial charge in [0.1, 0.15) is 11.6 Å². The van der Waals surface area contributed by atoms with Gasteiger partial charge in [-0.3, -0.25) is 0 Å². The lowest BCUT2D eigenvalue weighted by Gasteiger charge is -2.18. The number of furan rings is 1. The number of benzene rings is 1. The summed E-state index contributed by atoms with van der Waals surface area (Å²) in [6.07, 6.45) is 3.06. The first-order valence-electron chi connectivity index (χ1n) is 6.51. The highest BCUT2D eigenvalue weighted by Gasteiger charge is 2.17. The molecule has 0 saturated heterocycles. The molecule has 5 heteroatoms. The summed E-state index contributed by atoms with van der Waals surface area (Å²) in [5.74, 6) is -1.11. The Morgan fingerprint density at radius 2 is 1.95 bits per heavy atom. The number of hydrogen-bond acceptors (Lipinski definition) is 2. The molecule has 0 aliphatic carbocycles. The van der Waals surface area contributed by atoms with Gasteiger partial charge in [0.15, 0.2) is 4.67 Å². The van der Waals surface area contributed by atoms with Crippen molar-refractivity contribution in [3.05, 3.63) is 58.0 Å². The van der Waals surface area contributed by atoms with Gasteiger partial charge < -0.3 is 9.73 Å². The van der Waals surface area contributed by atoms with Crippen molar-refractivity contribution in [2.45, 2.75) is 25.8 Å². The van der Waals surface area contributed by atoms with E-state index in [4.69, 9.17) is 4.42 Å². The van der Waals surface area contributed by atoms with Gasteiger partial charge in [-0.25, -0.2) is 8.78 Å². The Bertz CT molecular complexity index is 551. The molecule has 0 aliphatic rings. The fourth-order valence-electron chi connectivity index (χ4n) is 2.13. The lowest BCUT2D eigenvalue weighted by molar-refractivity contribution is 0.495. The minimum Gasteiger partial charge on any atom is -0.457 e. The van der Waals surface area contributed by atoms with E-state index in [-0.39, 0.29) is 6.04 Å².